The van der Waals surface area contributed by atoms with Crippen molar-refractivity contribution >= 4 is 34.6 Å². The maximum absolute atomic E-state index is 12.2. The van der Waals surface area contributed by atoms with Crippen LogP contribution in [0.15, 0.2) is 18.2 Å². The molecule has 0 bridgehead atoms. The highest BCUT2D eigenvalue weighted by Gasteiger charge is 2.25. The molecule has 3 nitrogen and oxygen atoms in total. The van der Waals surface area contributed by atoms with Gasteiger partial charge >= 0.3 is 0 Å². The van der Waals surface area contributed by atoms with Crippen molar-refractivity contribution in [3.8, 4) is 0 Å². The van der Waals surface area contributed by atoms with Crippen LogP contribution in [0.25, 0.3) is 11.6 Å². The molecule has 1 aliphatic carbocycles. The molecule has 0 unspecified atom stereocenters. The first kappa shape index (κ1) is 12.8. The molecule has 2 aromatic rings. The number of carbonyl (C=O) groups excluding carboxylic acids is 1. The second kappa shape index (κ2) is 4.81. The lowest BCUT2D eigenvalue weighted by atomic mass is 10.0. The lowest BCUT2D eigenvalue weighted by Gasteiger charge is -2.06. The summed E-state index contributed by atoms with van der Waals surface area (Å²) >= 11 is 1.74. The van der Waals surface area contributed by atoms with Gasteiger partial charge in [0.2, 0.25) is 0 Å². The Morgan fingerprint density at radius 3 is 3.00 bits per heavy atom. The van der Waals surface area contributed by atoms with E-state index in [2.05, 4.69) is 11.4 Å². The maximum atomic E-state index is 12.2. The maximum Gasteiger partial charge on any atom is 0.256 e. The van der Waals surface area contributed by atoms with Gasteiger partial charge < -0.3 is 5.32 Å². The van der Waals surface area contributed by atoms with Crippen LogP contribution < -0.4 is 5.32 Å². The molecule has 0 saturated heterocycles. The largest absolute Gasteiger partial charge is 0.321 e. The monoisotopic (exact) mass is 296 g/mol. The van der Waals surface area contributed by atoms with Gasteiger partial charge in [0.05, 0.1) is 11.3 Å². The van der Waals surface area contributed by atoms with Crippen LogP contribution in [0.5, 0.6) is 0 Å². The van der Waals surface area contributed by atoms with Crippen molar-refractivity contribution in [1.82, 2.24) is 4.98 Å². The lowest BCUT2D eigenvalue weighted by molar-refractivity contribution is -0.110. The molecule has 0 saturated carbocycles. The Morgan fingerprint density at radius 1 is 1.29 bits per heavy atom. The van der Waals surface area contributed by atoms with E-state index in [-0.39, 0.29) is 5.91 Å². The van der Waals surface area contributed by atoms with Gasteiger partial charge in [-0.2, -0.15) is 0 Å². The van der Waals surface area contributed by atoms with E-state index in [1.807, 2.05) is 25.1 Å². The molecule has 1 amide bonds. The number of nitrogens with one attached hydrogen (secondary N) is 1. The average molecular weight is 296 g/mol. The number of aromatic nitrogens is 1. The SMILES string of the molecule is Cc1ccc2c(c1)C(=Cc1nc3c(s1)CCCC3)C(=O)N2. The summed E-state index contributed by atoms with van der Waals surface area (Å²) in [5, 5.41) is 3.89. The van der Waals surface area contributed by atoms with Crippen molar-refractivity contribution in [2.75, 3.05) is 5.32 Å². The van der Waals surface area contributed by atoms with Crippen LogP contribution >= 0.6 is 11.3 Å². The fourth-order valence-electron chi connectivity index (χ4n) is 3.00. The Labute approximate surface area is 127 Å². The van der Waals surface area contributed by atoms with E-state index in [1.165, 1.54) is 23.4 Å². The molecule has 4 rings (SSSR count). The van der Waals surface area contributed by atoms with Gasteiger partial charge in [0.1, 0.15) is 5.01 Å². The topological polar surface area (TPSA) is 42.0 Å². The predicted molar refractivity (Wildman–Crippen MR) is 86.4 cm³/mol. The van der Waals surface area contributed by atoms with Crippen LogP contribution in [-0.4, -0.2) is 10.9 Å². The van der Waals surface area contributed by atoms with E-state index in [4.69, 9.17) is 4.98 Å². The molecule has 1 aliphatic heterocycles. The number of thiazole rings is 1. The first-order chi connectivity index (χ1) is 10.2. The van der Waals surface area contributed by atoms with Crippen LogP contribution in [0, 0.1) is 6.92 Å². The third-order valence-corrected chi connectivity index (χ3v) is 5.19. The van der Waals surface area contributed by atoms with Gasteiger partial charge in [-0.3, -0.25) is 4.79 Å². The fraction of sp³-hybridized carbons (Fsp3) is 0.294. The molecule has 0 radical (unpaired) electrons. The van der Waals surface area contributed by atoms with Gasteiger partial charge in [0.15, 0.2) is 0 Å². The number of fused-ring (bicyclic) bond motifs is 2. The Morgan fingerprint density at radius 2 is 2.14 bits per heavy atom. The summed E-state index contributed by atoms with van der Waals surface area (Å²) in [7, 11) is 0. The van der Waals surface area contributed by atoms with E-state index < -0.39 is 0 Å². The molecule has 106 valence electrons. The zero-order chi connectivity index (χ0) is 14.4. The Bertz CT molecular complexity index is 750. The molecule has 4 heteroatoms. The second-order valence-corrected chi connectivity index (χ2v) is 6.81. The number of amides is 1. The number of rotatable bonds is 1. The van der Waals surface area contributed by atoms with Gasteiger partial charge in [-0.1, -0.05) is 11.6 Å². The van der Waals surface area contributed by atoms with Gasteiger partial charge in [0.25, 0.3) is 5.91 Å². The minimum Gasteiger partial charge on any atom is -0.321 e. The normalized spacial score (nSPS) is 18.5. The molecule has 21 heavy (non-hydrogen) atoms. The molecule has 0 fully saturated rings. The van der Waals surface area contributed by atoms with Crippen LogP contribution in [0.3, 0.4) is 0 Å². The zero-order valence-electron chi connectivity index (χ0n) is 11.9. The van der Waals surface area contributed by atoms with Crippen LogP contribution in [-0.2, 0) is 17.6 Å². The summed E-state index contributed by atoms with van der Waals surface area (Å²) in [6, 6.07) is 6.05. The predicted octanol–water partition coefficient (Wildman–Crippen LogP) is 3.82. The van der Waals surface area contributed by atoms with Gasteiger partial charge in [-0.05, 0) is 50.8 Å². The molecular weight excluding hydrogens is 280 g/mol. The van der Waals surface area contributed by atoms with E-state index >= 15 is 0 Å². The third kappa shape index (κ3) is 2.20. The summed E-state index contributed by atoms with van der Waals surface area (Å²) < 4.78 is 0. The standard InChI is InChI=1S/C17H16N2OS/c1-10-6-7-13-11(8-10)12(17(20)19-13)9-16-18-14-4-2-3-5-15(14)21-16/h6-9H,2-5H2,1H3,(H,19,20). The van der Waals surface area contributed by atoms with Crippen molar-refractivity contribution in [2.24, 2.45) is 0 Å². The molecule has 1 aromatic heterocycles. The van der Waals surface area contributed by atoms with Gasteiger partial charge in [-0.15, -0.1) is 11.3 Å². The van der Waals surface area contributed by atoms with Gasteiger partial charge in [-0.25, -0.2) is 4.98 Å². The Kier molecular flexibility index (Phi) is 2.93. The van der Waals surface area contributed by atoms with Crippen molar-refractivity contribution < 1.29 is 4.79 Å². The molecule has 1 N–H and O–H groups in total. The second-order valence-electron chi connectivity index (χ2n) is 5.69. The summed E-state index contributed by atoms with van der Waals surface area (Å²) in [5.74, 6) is -0.0243. The number of carbonyl (C=O) groups is 1. The number of hydrogen-bond donors (Lipinski definition) is 1. The van der Waals surface area contributed by atoms with Crippen LogP contribution in [0.4, 0.5) is 5.69 Å². The molecular formula is C17H16N2OS. The molecule has 1 aromatic carbocycles. The highest BCUT2D eigenvalue weighted by atomic mass is 32.1. The molecule has 2 heterocycles. The lowest BCUT2D eigenvalue weighted by Crippen LogP contribution is -2.03. The summed E-state index contributed by atoms with van der Waals surface area (Å²) in [6.45, 7) is 2.04. The quantitative estimate of drug-likeness (QED) is 0.813. The number of anilines is 1. The highest BCUT2D eigenvalue weighted by molar-refractivity contribution is 7.12. The summed E-state index contributed by atoms with van der Waals surface area (Å²) in [4.78, 5) is 18.3. The van der Waals surface area contributed by atoms with Crippen molar-refractivity contribution in [3.63, 3.8) is 0 Å². The Hall–Kier alpha value is -1.94. The van der Waals surface area contributed by atoms with E-state index in [0.717, 1.165) is 40.2 Å². The van der Waals surface area contributed by atoms with Crippen molar-refractivity contribution in [1.29, 1.82) is 0 Å². The first-order valence-electron chi connectivity index (χ1n) is 7.33. The minimum atomic E-state index is -0.0243. The third-order valence-electron chi connectivity index (χ3n) is 4.09. The number of benzene rings is 1. The van der Waals surface area contributed by atoms with Crippen molar-refractivity contribution in [3.05, 3.63) is 44.9 Å². The molecule has 0 atom stereocenters. The Balaban J connectivity index is 1.78. The fourth-order valence-corrected chi connectivity index (χ4v) is 4.10. The van der Waals surface area contributed by atoms with Gasteiger partial charge in [0, 0.05) is 16.1 Å². The van der Waals surface area contributed by atoms with E-state index in [0.29, 0.717) is 0 Å². The van der Waals surface area contributed by atoms with Crippen LogP contribution in [0.1, 0.15) is 39.5 Å². The molecule has 2 aliphatic rings. The number of hydrogen-bond acceptors (Lipinski definition) is 3. The first-order valence-corrected chi connectivity index (χ1v) is 8.15. The number of aryl methyl sites for hydroxylation is 3. The minimum absolute atomic E-state index is 0.0243. The van der Waals surface area contributed by atoms with E-state index in [1.54, 1.807) is 11.3 Å². The highest BCUT2D eigenvalue weighted by Crippen LogP contribution is 2.35. The van der Waals surface area contributed by atoms with Crippen LogP contribution in [0.2, 0.25) is 0 Å². The average Bonchev–Trinajstić information content (AvgIpc) is 3.01. The smallest absolute Gasteiger partial charge is 0.256 e. The number of nitrogens with zero attached hydrogens (tertiary/aromatic N) is 1. The summed E-state index contributed by atoms with van der Waals surface area (Å²) in [6.07, 6.45) is 6.65. The van der Waals surface area contributed by atoms with Crippen molar-refractivity contribution in [2.45, 2.75) is 32.6 Å². The summed E-state index contributed by atoms with van der Waals surface area (Å²) in [5.41, 5.74) is 5.03. The zero-order valence-corrected chi connectivity index (χ0v) is 12.7. The van der Waals surface area contributed by atoms with E-state index in [9.17, 15) is 4.79 Å². The molecule has 0 spiro atoms.